The van der Waals surface area contributed by atoms with Gasteiger partial charge >= 0.3 is 0 Å². The normalized spacial score (nSPS) is 12.2. The van der Waals surface area contributed by atoms with Gasteiger partial charge in [-0.25, -0.2) is 0 Å². The Balaban J connectivity index is 0.778. The van der Waals surface area contributed by atoms with E-state index in [4.69, 9.17) is 0 Å². The minimum atomic E-state index is 1.15. The van der Waals surface area contributed by atoms with Gasteiger partial charge in [0.1, 0.15) is 0 Å². The molecule has 0 atom stereocenters. The number of fused-ring (bicyclic) bond motifs is 18. The first-order valence-corrected chi connectivity index (χ1v) is 32.4. The highest BCUT2D eigenvalue weighted by molar-refractivity contribution is 7.26. The lowest BCUT2D eigenvalue weighted by atomic mass is 9.98. The maximum atomic E-state index is 2.54. The molecule has 20 rings (SSSR count). The fourth-order valence-electron chi connectivity index (χ4n) is 15.1. The number of nitrogens with zero attached hydrogens (tertiary/aromatic N) is 4. The van der Waals surface area contributed by atoms with Gasteiger partial charge in [0.2, 0.25) is 0 Å². The van der Waals surface area contributed by atoms with Crippen LogP contribution in [-0.4, -0.2) is 18.3 Å². The monoisotopic (exact) mass is 1180 g/mol. The molecule has 90 heavy (non-hydrogen) atoms. The first kappa shape index (κ1) is 49.8. The van der Waals surface area contributed by atoms with E-state index in [0.29, 0.717) is 0 Å². The number of aromatic nitrogens is 4. The number of rotatable bonds is 7. The molecule has 6 aromatic heterocycles. The summed E-state index contributed by atoms with van der Waals surface area (Å²) in [7, 11) is 0. The molecular formula is C84H50N4S2. The van der Waals surface area contributed by atoms with E-state index in [1.807, 2.05) is 22.7 Å². The molecule has 0 fully saturated rings. The molecule has 0 spiro atoms. The minimum absolute atomic E-state index is 1.15. The Morgan fingerprint density at radius 2 is 0.544 bits per heavy atom. The van der Waals surface area contributed by atoms with Crippen LogP contribution in [0.1, 0.15) is 0 Å². The molecule has 14 aromatic carbocycles. The summed E-state index contributed by atoms with van der Waals surface area (Å²) in [6.07, 6.45) is 0. The van der Waals surface area contributed by atoms with Crippen molar-refractivity contribution in [3.63, 3.8) is 0 Å². The second-order valence-corrected chi connectivity index (χ2v) is 26.1. The summed E-state index contributed by atoms with van der Waals surface area (Å²) in [6.45, 7) is 0. The second-order valence-electron chi connectivity index (χ2n) is 24.0. The number of hydrogen-bond donors (Lipinski definition) is 0. The van der Waals surface area contributed by atoms with Gasteiger partial charge < -0.3 is 18.3 Å². The van der Waals surface area contributed by atoms with Crippen LogP contribution >= 0.6 is 22.7 Å². The van der Waals surface area contributed by atoms with E-state index in [1.54, 1.807) is 0 Å². The zero-order chi connectivity index (χ0) is 58.7. The predicted octanol–water partition coefficient (Wildman–Crippen LogP) is 23.8. The van der Waals surface area contributed by atoms with Crippen molar-refractivity contribution in [1.29, 1.82) is 0 Å². The molecule has 4 nitrogen and oxygen atoms in total. The summed E-state index contributed by atoms with van der Waals surface area (Å²) in [5.74, 6) is 0. The second kappa shape index (κ2) is 19.1. The Hall–Kier alpha value is -11.3. The van der Waals surface area contributed by atoms with Crippen molar-refractivity contribution in [2.45, 2.75) is 0 Å². The molecule has 0 radical (unpaired) electrons. The molecule has 0 aliphatic carbocycles. The van der Waals surface area contributed by atoms with Gasteiger partial charge in [-0.2, -0.15) is 0 Å². The molecule has 0 bridgehead atoms. The molecule has 0 N–H and O–H groups in total. The fourth-order valence-corrected chi connectivity index (χ4v) is 17.4. The van der Waals surface area contributed by atoms with Crippen LogP contribution in [0, 0.1) is 0 Å². The van der Waals surface area contributed by atoms with Crippen LogP contribution in [0.4, 0.5) is 0 Å². The Labute approximate surface area is 524 Å². The maximum absolute atomic E-state index is 2.54. The maximum Gasteiger partial charge on any atom is 0.0647 e. The first-order valence-electron chi connectivity index (χ1n) is 30.8. The van der Waals surface area contributed by atoms with E-state index in [9.17, 15) is 0 Å². The Morgan fingerprint density at radius 3 is 1.08 bits per heavy atom. The number of hydrogen-bond acceptors (Lipinski definition) is 2. The van der Waals surface area contributed by atoms with Gasteiger partial charge in [-0.1, -0.05) is 164 Å². The van der Waals surface area contributed by atoms with Gasteiger partial charge in [0.25, 0.3) is 0 Å². The molecule has 0 saturated heterocycles. The molecule has 0 aliphatic rings. The molecular weight excluding hydrogens is 1130 g/mol. The molecule has 0 unspecified atom stereocenters. The third-order valence-corrected chi connectivity index (χ3v) is 21.5. The van der Waals surface area contributed by atoms with Gasteiger partial charge in [-0.15, -0.1) is 22.7 Å². The third kappa shape index (κ3) is 7.29. The van der Waals surface area contributed by atoms with E-state index < -0.39 is 0 Å². The molecule has 0 amide bonds. The first-order chi connectivity index (χ1) is 44.6. The zero-order valence-electron chi connectivity index (χ0n) is 48.5. The fraction of sp³-hybridized carbons (Fsp3) is 0. The van der Waals surface area contributed by atoms with Crippen LogP contribution in [0.2, 0.25) is 0 Å². The smallest absolute Gasteiger partial charge is 0.0647 e. The lowest BCUT2D eigenvalue weighted by Gasteiger charge is -2.14. The highest BCUT2D eigenvalue weighted by atomic mass is 32.1. The van der Waals surface area contributed by atoms with Gasteiger partial charge in [0.15, 0.2) is 0 Å². The lowest BCUT2D eigenvalue weighted by Crippen LogP contribution is -1.96. The SMILES string of the molecule is c1ccc(-n2c3ccccc3c3cc(-c4ccc5c(c4)c4ccc(-c6cc(-n7c8ccccc8c8cc(-c9ccc%10c(c9)c9ccccc9n%10-c9ccccc9)ccc87)c7sc8ccccc8c7c6)cc4n5-c4ccc5sc6ccccc6c5c4)ccc32)cc1. The molecule has 6 heteroatoms. The minimum Gasteiger partial charge on any atom is -0.309 e. The summed E-state index contributed by atoms with van der Waals surface area (Å²) in [6, 6.07) is 113. The highest BCUT2D eigenvalue weighted by Gasteiger charge is 2.23. The average Bonchev–Trinajstić information content (AvgIpc) is 4.52. The van der Waals surface area contributed by atoms with Crippen LogP contribution in [0.3, 0.4) is 0 Å². The van der Waals surface area contributed by atoms with Crippen LogP contribution in [0.15, 0.2) is 303 Å². The standard InChI is InChI=1S/C84H50N4S2/c1-3-17-57(18-4-1)85-72-26-12-7-21-60(72)66-43-51(32-38-75(66)85)53-34-40-77-69(46-53)63-37-31-55(48-79(63)87(77)59-36-42-83-70(50-59)64-24-10-15-29-81(64)89-83)56-47-71-65-25-11-16-30-82(65)90-84(71)80(49-56)88-74-28-14-9-23-62(74)68-45-54(35-41-78(68)88)52-33-39-76-67(44-52)61-22-8-13-27-73(61)86(76)58-19-5-2-6-20-58/h1-50H. The topological polar surface area (TPSA) is 19.7 Å². The molecule has 0 aliphatic heterocycles. The van der Waals surface area contributed by atoms with Crippen molar-refractivity contribution in [2.75, 3.05) is 0 Å². The number of thiophene rings is 2. The van der Waals surface area contributed by atoms with Crippen molar-refractivity contribution in [3.05, 3.63) is 303 Å². The Bertz CT molecular complexity index is 6400. The van der Waals surface area contributed by atoms with Crippen LogP contribution < -0.4 is 0 Å². The Kier molecular flexibility index (Phi) is 10.6. The van der Waals surface area contributed by atoms with E-state index in [2.05, 4.69) is 322 Å². The summed E-state index contributed by atoms with van der Waals surface area (Å²) in [5.41, 5.74) is 21.3. The summed E-state index contributed by atoms with van der Waals surface area (Å²) < 4.78 is 15.0. The van der Waals surface area contributed by atoms with Crippen LogP contribution in [-0.2, 0) is 0 Å². The third-order valence-electron chi connectivity index (χ3n) is 19.1. The highest BCUT2D eigenvalue weighted by Crippen LogP contribution is 2.47. The summed E-state index contributed by atoms with van der Waals surface area (Å²) >= 11 is 3.76. The average molecular weight is 1180 g/mol. The molecule has 418 valence electrons. The molecule has 6 heterocycles. The van der Waals surface area contributed by atoms with E-state index in [0.717, 1.165) is 17.1 Å². The van der Waals surface area contributed by atoms with Crippen molar-refractivity contribution in [3.8, 4) is 56.1 Å². The van der Waals surface area contributed by atoms with E-state index >= 15 is 0 Å². The van der Waals surface area contributed by atoms with Crippen LogP contribution in [0.5, 0.6) is 0 Å². The van der Waals surface area contributed by atoms with Crippen molar-refractivity contribution < 1.29 is 0 Å². The van der Waals surface area contributed by atoms with E-state index in [-0.39, 0.29) is 0 Å². The quantitative estimate of drug-likeness (QED) is 0.152. The molecule has 20 aromatic rings. The summed E-state index contributed by atoms with van der Waals surface area (Å²) in [5, 5.41) is 15.0. The van der Waals surface area contributed by atoms with Gasteiger partial charge in [-0.05, 0) is 173 Å². The van der Waals surface area contributed by atoms with Crippen molar-refractivity contribution >= 4 is 150 Å². The van der Waals surface area contributed by atoms with E-state index in [1.165, 1.54) is 167 Å². The van der Waals surface area contributed by atoms with Gasteiger partial charge in [0, 0.05) is 95.8 Å². The number of para-hydroxylation sites is 5. The van der Waals surface area contributed by atoms with Crippen molar-refractivity contribution in [1.82, 2.24) is 18.3 Å². The van der Waals surface area contributed by atoms with Crippen LogP contribution in [0.25, 0.3) is 184 Å². The predicted molar refractivity (Wildman–Crippen MR) is 386 cm³/mol. The summed E-state index contributed by atoms with van der Waals surface area (Å²) in [4.78, 5) is 0. The van der Waals surface area contributed by atoms with Gasteiger partial charge in [-0.3, -0.25) is 0 Å². The number of benzene rings is 14. The zero-order valence-corrected chi connectivity index (χ0v) is 50.1. The molecule has 0 saturated carbocycles. The largest absolute Gasteiger partial charge is 0.309 e. The Morgan fingerprint density at radius 1 is 0.178 bits per heavy atom. The van der Waals surface area contributed by atoms with Crippen molar-refractivity contribution in [2.24, 2.45) is 0 Å². The van der Waals surface area contributed by atoms with Gasteiger partial charge in [0.05, 0.1) is 54.5 Å². The lowest BCUT2D eigenvalue weighted by molar-refractivity contribution is 1.18.